The Kier molecular flexibility index (Phi) is 3.42. The molecule has 4 heteroatoms. The second kappa shape index (κ2) is 5.54. The van der Waals surface area contributed by atoms with Crippen molar-refractivity contribution in [1.82, 2.24) is 15.5 Å². The van der Waals surface area contributed by atoms with E-state index in [2.05, 4.69) is 27.6 Å². The van der Waals surface area contributed by atoms with Crippen LogP contribution in [0.4, 0.5) is 0 Å². The summed E-state index contributed by atoms with van der Waals surface area (Å²) in [6.45, 7) is 1.47. The van der Waals surface area contributed by atoms with Gasteiger partial charge in [-0.2, -0.15) is 5.10 Å². The summed E-state index contributed by atoms with van der Waals surface area (Å²) in [6.07, 6.45) is 3.54. The van der Waals surface area contributed by atoms with E-state index in [1.54, 1.807) is 6.26 Å². The predicted molar refractivity (Wildman–Crippen MR) is 73.3 cm³/mol. The molecule has 19 heavy (non-hydrogen) atoms. The topological polar surface area (TPSA) is 53.9 Å². The van der Waals surface area contributed by atoms with E-state index in [4.69, 9.17) is 4.42 Å². The van der Waals surface area contributed by atoms with Crippen LogP contribution in [0, 0.1) is 0 Å². The van der Waals surface area contributed by atoms with Gasteiger partial charge in [0.25, 0.3) is 0 Å². The van der Waals surface area contributed by atoms with E-state index in [0.29, 0.717) is 6.54 Å². The molecule has 2 aromatic heterocycles. The van der Waals surface area contributed by atoms with Gasteiger partial charge in [-0.25, -0.2) is 0 Å². The quantitative estimate of drug-likeness (QED) is 0.735. The number of hydrogen-bond acceptors (Lipinski definition) is 3. The molecule has 96 valence electrons. The third-order valence-corrected chi connectivity index (χ3v) is 2.98. The number of rotatable bonds is 5. The molecule has 0 fully saturated rings. The van der Waals surface area contributed by atoms with Crippen LogP contribution in [0.2, 0.25) is 0 Å². The fourth-order valence-electron chi connectivity index (χ4n) is 2.03. The monoisotopic (exact) mass is 253 g/mol. The Balaban J connectivity index is 1.67. The van der Waals surface area contributed by atoms with Crippen molar-refractivity contribution in [3.8, 4) is 11.3 Å². The Morgan fingerprint density at radius 1 is 1.05 bits per heavy atom. The summed E-state index contributed by atoms with van der Waals surface area (Å²) >= 11 is 0. The van der Waals surface area contributed by atoms with Crippen LogP contribution in [0.1, 0.15) is 11.3 Å². The maximum atomic E-state index is 5.28. The predicted octanol–water partition coefficient (Wildman–Crippen LogP) is 2.96. The minimum Gasteiger partial charge on any atom is -0.468 e. The summed E-state index contributed by atoms with van der Waals surface area (Å²) in [7, 11) is 0. The fraction of sp³-hybridized carbons (Fsp3) is 0.133. The van der Waals surface area contributed by atoms with Crippen molar-refractivity contribution in [3.05, 3.63) is 66.2 Å². The molecule has 1 aromatic carbocycles. The molecule has 0 unspecified atom stereocenters. The first-order valence-corrected chi connectivity index (χ1v) is 6.24. The number of aromatic nitrogens is 2. The Labute approximate surface area is 111 Å². The molecule has 0 aliphatic carbocycles. The smallest absolute Gasteiger partial charge is 0.117 e. The van der Waals surface area contributed by atoms with Gasteiger partial charge in [-0.05, 0) is 17.7 Å². The van der Waals surface area contributed by atoms with Gasteiger partial charge in [0.1, 0.15) is 5.76 Å². The highest BCUT2D eigenvalue weighted by Gasteiger charge is 2.06. The standard InChI is InChI=1S/C15H15N3O/c1-2-5-12(6-3-1)15-13(10-17-18-15)9-16-11-14-7-4-8-19-14/h1-8,10,16H,9,11H2,(H,17,18). The first-order chi connectivity index (χ1) is 9.43. The Morgan fingerprint density at radius 2 is 1.95 bits per heavy atom. The van der Waals surface area contributed by atoms with Crippen molar-refractivity contribution < 1.29 is 4.42 Å². The number of benzene rings is 1. The third kappa shape index (κ3) is 2.74. The minimum atomic E-state index is 0.715. The molecule has 0 saturated carbocycles. The molecular weight excluding hydrogens is 238 g/mol. The maximum absolute atomic E-state index is 5.28. The molecular formula is C15H15N3O. The molecule has 0 bridgehead atoms. The van der Waals surface area contributed by atoms with E-state index in [-0.39, 0.29) is 0 Å². The molecule has 0 radical (unpaired) electrons. The van der Waals surface area contributed by atoms with Crippen molar-refractivity contribution >= 4 is 0 Å². The van der Waals surface area contributed by atoms with Crippen LogP contribution in [-0.2, 0) is 13.1 Å². The van der Waals surface area contributed by atoms with Gasteiger partial charge in [0.05, 0.1) is 24.7 Å². The zero-order chi connectivity index (χ0) is 12.9. The molecule has 0 atom stereocenters. The molecule has 0 amide bonds. The Morgan fingerprint density at radius 3 is 2.74 bits per heavy atom. The molecule has 3 rings (SSSR count). The van der Waals surface area contributed by atoms with Gasteiger partial charge < -0.3 is 9.73 Å². The zero-order valence-corrected chi connectivity index (χ0v) is 10.5. The van der Waals surface area contributed by atoms with Crippen LogP contribution >= 0.6 is 0 Å². The van der Waals surface area contributed by atoms with Crippen LogP contribution in [0.25, 0.3) is 11.3 Å². The van der Waals surface area contributed by atoms with Crippen LogP contribution in [-0.4, -0.2) is 10.2 Å². The average molecular weight is 253 g/mol. The minimum absolute atomic E-state index is 0.715. The fourth-order valence-corrected chi connectivity index (χ4v) is 2.03. The number of H-pyrrole nitrogens is 1. The first kappa shape index (κ1) is 11.7. The molecule has 0 saturated heterocycles. The molecule has 2 N–H and O–H groups in total. The highest BCUT2D eigenvalue weighted by Crippen LogP contribution is 2.20. The van der Waals surface area contributed by atoms with Crippen molar-refractivity contribution in [3.63, 3.8) is 0 Å². The third-order valence-electron chi connectivity index (χ3n) is 2.98. The van der Waals surface area contributed by atoms with E-state index in [9.17, 15) is 0 Å². The van der Waals surface area contributed by atoms with E-state index in [1.165, 1.54) is 0 Å². The van der Waals surface area contributed by atoms with E-state index < -0.39 is 0 Å². The lowest BCUT2D eigenvalue weighted by molar-refractivity contribution is 0.483. The van der Waals surface area contributed by atoms with Crippen molar-refractivity contribution in [2.75, 3.05) is 0 Å². The van der Waals surface area contributed by atoms with Gasteiger partial charge in [-0.1, -0.05) is 30.3 Å². The summed E-state index contributed by atoms with van der Waals surface area (Å²) in [6, 6.07) is 14.1. The molecule has 0 aliphatic rings. The lowest BCUT2D eigenvalue weighted by Crippen LogP contribution is -2.12. The second-order valence-electron chi connectivity index (χ2n) is 4.32. The molecule has 0 aliphatic heterocycles. The SMILES string of the molecule is c1ccc(-c2[nH]ncc2CNCc2ccco2)cc1. The van der Waals surface area contributed by atoms with Gasteiger partial charge in [-0.15, -0.1) is 0 Å². The van der Waals surface area contributed by atoms with Gasteiger partial charge in [-0.3, -0.25) is 5.10 Å². The highest BCUT2D eigenvalue weighted by molar-refractivity contribution is 5.62. The van der Waals surface area contributed by atoms with Crippen molar-refractivity contribution in [1.29, 1.82) is 0 Å². The highest BCUT2D eigenvalue weighted by atomic mass is 16.3. The normalized spacial score (nSPS) is 10.7. The van der Waals surface area contributed by atoms with Crippen molar-refractivity contribution in [2.24, 2.45) is 0 Å². The van der Waals surface area contributed by atoms with Crippen LogP contribution in [0.5, 0.6) is 0 Å². The van der Waals surface area contributed by atoms with Crippen LogP contribution in [0.3, 0.4) is 0 Å². The lowest BCUT2D eigenvalue weighted by atomic mass is 10.1. The molecule has 2 heterocycles. The summed E-state index contributed by atoms with van der Waals surface area (Å²) in [5.41, 5.74) is 3.36. The average Bonchev–Trinajstić information content (AvgIpc) is 3.11. The van der Waals surface area contributed by atoms with E-state index in [0.717, 1.165) is 29.1 Å². The zero-order valence-electron chi connectivity index (χ0n) is 10.5. The summed E-state index contributed by atoms with van der Waals surface area (Å²) in [5.74, 6) is 0.935. The van der Waals surface area contributed by atoms with Crippen LogP contribution < -0.4 is 5.32 Å². The number of aromatic amines is 1. The van der Waals surface area contributed by atoms with Gasteiger partial charge in [0, 0.05) is 12.1 Å². The lowest BCUT2D eigenvalue weighted by Gasteiger charge is -2.04. The molecule has 4 nitrogen and oxygen atoms in total. The summed E-state index contributed by atoms with van der Waals surface area (Å²) < 4.78 is 5.28. The van der Waals surface area contributed by atoms with E-state index in [1.807, 2.05) is 36.5 Å². The Hall–Kier alpha value is -2.33. The maximum Gasteiger partial charge on any atom is 0.117 e. The Bertz CT molecular complexity index is 614. The van der Waals surface area contributed by atoms with Gasteiger partial charge in [0.2, 0.25) is 0 Å². The van der Waals surface area contributed by atoms with Gasteiger partial charge in [0.15, 0.2) is 0 Å². The first-order valence-electron chi connectivity index (χ1n) is 6.24. The molecule has 3 aromatic rings. The van der Waals surface area contributed by atoms with Gasteiger partial charge >= 0.3 is 0 Å². The second-order valence-corrected chi connectivity index (χ2v) is 4.32. The van der Waals surface area contributed by atoms with Crippen LogP contribution in [0.15, 0.2) is 59.3 Å². The number of hydrogen-bond donors (Lipinski definition) is 2. The largest absolute Gasteiger partial charge is 0.468 e. The number of furan rings is 1. The van der Waals surface area contributed by atoms with E-state index >= 15 is 0 Å². The van der Waals surface area contributed by atoms with Crippen molar-refractivity contribution in [2.45, 2.75) is 13.1 Å². The number of nitrogens with zero attached hydrogens (tertiary/aromatic N) is 1. The summed E-state index contributed by atoms with van der Waals surface area (Å²) in [5, 5.41) is 10.5. The summed E-state index contributed by atoms with van der Waals surface area (Å²) in [4.78, 5) is 0. The number of nitrogens with one attached hydrogen (secondary N) is 2. The molecule has 0 spiro atoms.